The number of nitro benzene ring substituents is 1. The van der Waals surface area contributed by atoms with Crippen molar-refractivity contribution >= 4 is 35.3 Å². The summed E-state index contributed by atoms with van der Waals surface area (Å²) in [5.74, 6) is 4.74. The number of methoxy groups -OCH3 is 3. The summed E-state index contributed by atoms with van der Waals surface area (Å²) >= 11 is 0. The molecule has 0 radical (unpaired) electrons. The number of benzene rings is 7. The fourth-order valence-electron chi connectivity index (χ4n) is 11.9. The smallest absolute Gasteiger partial charge is 0.421 e. The second kappa shape index (κ2) is 22.1. The van der Waals surface area contributed by atoms with Gasteiger partial charge in [0.2, 0.25) is 11.8 Å². The lowest BCUT2D eigenvalue weighted by Gasteiger charge is -2.46. The molecule has 17 nitrogen and oxygen atoms in total. The summed E-state index contributed by atoms with van der Waals surface area (Å²) in [4.78, 5) is 80.1. The number of aliphatic hydroxyl groups excluding tert-OH is 1. The van der Waals surface area contributed by atoms with Gasteiger partial charge in [-0.05, 0) is 124 Å². The second-order valence-electron chi connectivity index (χ2n) is 19.7. The number of imide groups is 1. The Labute approximate surface area is 460 Å². The first-order chi connectivity index (χ1) is 39.0. The van der Waals surface area contributed by atoms with Crippen LogP contribution in [0.1, 0.15) is 68.3 Å². The highest BCUT2D eigenvalue weighted by Gasteiger charge is 2.76. The highest BCUT2D eigenvalue weighted by molar-refractivity contribution is 6.23. The van der Waals surface area contributed by atoms with Crippen LogP contribution in [0.15, 0.2) is 164 Å². The van der Waals surface area contributed by atoms with Crippen LogP contribution in [0, 0.1) is 27.9 Å². The summed E-state index contributed by atoms with van der Waals surface area (Å²) in [5, 5.41) is 21.3. The molecule has 0 aliphatic carbocycles. The number of fused-ring (bicyclic) bond motifs is 4. The minimum absolute atomic E-state index is 0.00106. The van der Waals surface area contributed by atoms with Gasteiger partial charge in [0.25, 0.3) is 5.69 Å². The lowest BCUT2D eigenvalue weighted by atomic mass is 9.64. The SMILES string of the molecule is COc1ccc(C#Cc2ccc3c(c2)[C@]2(C(=O)N3C(=O)OCc3ccc([N+](=O)[O-])cc3)[C@H](C(=O)N3CCc4cc(OC)c(OC)cc4C3)[C@H]3C(=O)O[C@H](c4ccccc4)[C@H](c4ccccc4)N3[C@@H]2c2ccc(OCCO)cc2)cc1. The minimum Gasteiger partial charge on any atom is -0.497 e. The van der Waals surface area contributed by atoms with Crippen molar-refractivity contribution in [1.82, 2.24) is 9.80 Å². The summed E-state index contributed by atoms with van der Waals surface area (Å²) in [6, 6.07) is 43.5. The Morgan fingerprint density at radius 1 is 0.725 bits per heavy atom. The molecule has 0 unspecified atom stereocenters. The first kappa shape index (κ1) is 52.5. The number of carbonyl (C=O) groups excluding carboxylic acids is 4. The van der Waals surface area contributed by atoms with Crippen LogP contribution in [0.5, 0.6) is 23.0 Å². The third kappa shape index (κ3) is 9.37. The number of ether oxygens (including phenoxy) is 6. The summed E-state index contributed by atoms with van der Waals surface area (Å²) in [6.45, 7) is -0.386. The van der Waals surface area contributed by atoms with Gasteiger partial charge in [0.15, 0.2) is 11.5 Å². The molecule has 80 heavy (non-hydrogen) atoms. The molecule has 4 heterocycles. The van der Waals surface area contributed by atoms with Gasteiger partial charge in [-0.1, -0.05) is 84.6 Å². The van der Waals surface area contributed by atoms with Crippen molar-refractivity contribution in [2.45, 2.75) is 49.2 Å². The number of morpholine rings is 1. The minimum atomic E-state index is -2.15. The predicted molar refractivity (Wildman–Crippen MR) is 292 cm³/mol. The number of nitrogens with zero attached hydrogens (tertiary/aromatic N) is 4. The number of esters is 1. The number of hydrogen-bond acceptors (Lipinski definition) is 14. The average molecular weight is 1080 g/mol. The average Bonchev–Trinajstić information content (AvgIpc) is 1.93. The summed E-state index contributed by atoms with van der Waals surface area (Å²) in [6.07, 6.45) is -1.69. The molecule has 2 fully saturated rings. The zero-order valence-corrected chi connectivity index (χ0v) is 43.9. The van der Waals surface area contributed by atoms with E-state index in [0.29, 0.717) is 62.8 Å². The lowest BCUT2D eigenvalue weighted by Crippen LogP contribution is -2.57. The molecule has 0 aromatic heterocycles. The topological polar surface area (TPSA) is 197 Å². The van der Waals surface area contributed by atoms with E-state index in [4.69, 9.17) is 28.4 Å². The van der Waals surface area contributed by atoms with E-state index in [1.165, 1.54) is 31.4 Å². The Morgan fingerprint density at radius 2 is 1.36 bits per heavy atom. The molecule has 3 amide bonds. The van der Waals surface area contributed by atoms with Gasteiger partial charge in [-0.25, -0.2) is 9.69 Å². The Bertz CT molecular complexity index is 3570. The summed E-state index contributed by atoms with van der Waals surface area (Å²) < 4.78 is 35.3. The predicted octanol–water partition coefficient (Wildman–Crippen LogP) is 8.98. The third-order valence-electron chi connectivity index (χ3n) is 15.4. The molecule has 6 atom stereocenters. The molecule has 4 aliphatic rings. The number of cyclic esters (lactones) is 1. The van der Waals surface area contributed by atoms with Crippen LogP contribution in [0.25, 0.3) is 0 Å². The monoisotopic (exact) mass is 1070 g/mol. The van der Waals surface area contributed by atoms with Crippen molar-refractivity contribution in [2.75, 3.05) is 46.0 Å². The Morgan fingerprint density at radius 3 is 2.01 bits per heavy atom. The maximum absolute atomic E-state index is 17.0. The van der Waals surface area contributed by atoms with Crippen molar-refractivity contribution in [2.24, 2.45) is 5.92 Å². The van der Waals surface area contributed by atoms with E-state index in [9.17, 15) is 15.2 Å². The van der Waals surface area contributed by atoms with Crippen LogP contribution in [-0.4, -0.2) is 90.8 Å². The Balaban J connectivity index is 1.17. The molecule has 404 valence electrons. The standard InChI is InChI=1S/C63H54N4O13/c1-75-48-25-18-39(19-26-48)14-15-40-20-29-51-50(34-40)63(61(71)65(51)62(72)79-38-41-16-23-47(24-17-41)67(73)74)54(59(69)64-31-30-45-35-52(76-2)53(77-3)36-46(45)37-64)56-60(70)80-57(43-12-8-5-9-13-43)55(42-10-6-4-7-11-42)66(56)58(63)44-21-27-49(28-22-44)78-33-32-68/h4-13,16-29,34-36,54-58,68H,30-33,37-38H2,1-3H3/t54-,55-,56-,57+,58+,63-/m0/s1. The van der Waals surface area contributed by atoms with Gasteiger partial charge in [-0.2, -0.15) is 0 Å². The number of carbonyl (C=O) groups is 4. The molecule has 2 saturated heterocycles. The van der Waals surface area contributed by atoms with Crippen LogP contribution < -0.4 is 23.8 Å². The number of nitro groups is 1. The molecule has 4 aliphatic heterocycles. The molecule has 1 spiro atoms. The summed E-state index contributed by atoms with van der Waals surface area (Å²) in [7, 11) is 4.65. The largest absolute Gasteiger partial charge is 0.497 e. The normalized spacial score (nSPS) is 20.8. The van der Waals surface area contributed by atoms with Crippen molar-refractivity contribution in [3.05, 3.63) is 224 Å². The van der Waals surface area contributed by atoms with Gasteiger partial charge in [0, 0.05) is 36.3 Å². The van der Waals surface area contributed by atoms with E-state index in [0.717, 1.165) is 16.0 Å². The zero-order chi connectivity index (χ0) is 55.7. The maximum Gasteiger partial charge on any atom is 0.421 e. The van der Waals surface area contributed by atoms with Crippen molar-refractivity contribution in [1.29, 1.82) is 0 Å². The molecule has 0 saturated carbocycles. The highest BCUT2D eigenvalue weighted by atomic mass is 16.6. The Kier molecular flexibility index (Phi) is 14.5. The number of non-ortho nitro benzene ring substituents is 1. The van der Waals surface area contributed by atoms with Gasteiger partial charge in [0.05, 0.1) is 56.5 Å². The van der Waals surface area contributed by atoms with Gasteiger partial charge >= 0.3 is 12.1 Å². The van der Waals surface area contributed by atoms with E-state index < -0.39 is 64.4 Å². The van der Waals surface area contributed by atoms with Crippen molar-refractivity contribution in [3.8, 4) is 34.8 Å². The zero-order valence-electron chi connectivity index (χ0n) is 43.9. The molecule has 7 aromatic carbocycles. The molecule has 17 heteroatoms. The van der Waals surface area contributed by atoms with Crippen molar-refractivity contribution < 1.29 is 57.6 Å². The van der Waals surface area contributed by atoms with Gasteiger partial charge < -0.3 is 38.4 Å². The maximum atomic E-state index is 17.0. The second-order valence-corrected chi connectivity index (χ2v) is 19.7. The molecule has 11 rings (SSSR count). The fourth-order valence-corrected chi connectivity index (χ4v) is 11.9. The van der Waals surface area contributed by atoms with Crippen LogP contribution >= 0.6 is 0 Å². The van der Waals surface area contributed by atoms with E-state index in [1.807, 2.05) is 77.7 Å². The van der Waals surface area contributed by atoms with Crippen molar-refractivity contribution in [3.63, 3.8) is 0 Å². The molecular weight excluding hydrogens is 1020 g/mol. The van der Waals surface area contributed by atoms with Crippen LogP contribution in [0.3, 0.4) is 0 Å². The Hall–Kier alpha value is -9.50. The number of amides is 3. The molecular formula is C63H54N4O13. The third-order valence-corrected chi connectivity index (χ3v) is 15.4. The van der Waals surface area contributed by atoms with E-state index in [-0.39, 0.29) is 49.8 Å². The fraction of sp³-hybridized carbons (Fsp3) is 0.238. The molecule has 0 bridgehead atoms. The van der Waals surface area contributed by atoms with Gasteiger partial charge in [-0.3, -0.25) is 29.4 Å². The first-order valence-electron chi connectivity index (χ1n) is 26.0. The number of hydrogen-bond donors (Lipinski definition) is 1. The number of aliphatic hydroxyl groups is 1. The first-order valence-corrected chi connectivity index (χ1v) is 26.0. The molecule has 7 aromatic rings. The summed E-state index contributed by atoms with van der Waals surface area (Å²) in [5.41, 5.74) is 3.04. The van der Waals surface area contributed by atoms with E-state index in [2.05, 4.69) is 11.8 Å². The van der Waals surface area contributed by atoms with Crippen LogP contribution in [0.2, 0.25) is 0 Å². The van der Waals surface area contributed by atoms with E-state index >= 15 is 19.2 Å². The number of anilines is 1. The quantitative estimate of drug-likeness (QED) is 0.0497. The lowest BCUT2D eigenvalue weighted by molar-refractivity contribution is -0.384. The van der Waals surface area contributed by atoms with Crippen LogP contribution in [0.4, 0.5) is 16.2 Å². The van der Waals surface area contributed by atoms with Crippen LogP contribution in [-0.2, 0) is 48.8 Å². The van der Waals surface area contributed by atoms with Gasteiger partial charge in [-0.15, -0.1) is 0 Å². The van der Waals surface area contributed by atoms with E-state index in [1.54, 1.807) is 85.8 Å². The molecule has 1 N–H and O–H groups in total. The highest BCUT2D eigenvalue weighted by Crippen LogP contribution is 2.66. The van der Waals surface area contributed by atoms with Gasteiger partial charge in [0.1, 0.15) is 42.3 Å². The number of rotatable bonds is 13.